The standard InChI is InChI=1S/C29H23NO5/c1-34-20-12-8-11-19(17-20)30-26(22-15-7-10-18-9-3-4-13-21(18)22)25(28(32)29(30)33)27(31)23-14-5-6-16-24(23)35-2/h3-17,26,31H,1-2H3/b27-25+. The predicted molar refractivity (Wildman–Crippen MR) is 135 cm³/mol. The first-order valence-electron chi connectivity index (χ1n) is 11.1. The second kappa shape index (κ2) is 8.99. The molecule has 1 unspecified atom stereocenters. The van der Waals surface area contributed by atoms with Crippen LogP contribution in [0.5, 0.6) is 11.5 Å². The fourth-order valence-electron chi connectivity index (χ4n) is 4.63. The Morgan fingerprint density at radius 1 is 0.829 bits per heavy atom. The van der Waals surface area contributed by atoms with E-state index in [1.807, 2.05) is 42.5 Å². The number of methoxy groups -OCH3 is 2. The number of anilines is 1. The van der Waals surface area contributed by atoms with Gasteiger partial charge in [0, 0.05) is 11.8 Å². The average Bonchev–Trinajstić information content (AvgIpc) is 3.17. The van der Waals surface area contributed by atoms with Crippen LogP contribution in [0, 0.1) is 0 Å². The molecule has 4 aromatic carbocycles. The smallest absolute Gasteiger partial charge is 0.300 e. The topological polar surface area (TPSA) is 76.1 Å². The first-order chi connectivity index (χ1) is 17.0. The minimum Gasteiger partial charge on any atom is -0.507 e. The highest BCUT2D eigenvalue weighted by atomic mass is 16.5. The third-order valence-electron chi connectivity index (χ3n) is 6.26. The Labute approximate surface area is 202 Å². The number of benzene rings is 4. The zero-order valence-electron chi connectivity index (χ0n) is 19.3. The Bertz CT molecular complexity index is 1480. The summed E-state index contributed by atoms with van der Waals surface area (Å²) < 4.78 is 10.8. The summed E-state index contributed by atoms with van der Waals surface area (Å²) in [4.78, 5) is 28.4. The number of Topliss-reactive ketones (excluding diaryl/α,β-unsaturated/α-hetero) is 1. The lowest BCUT2D eigenvalue weighted by atomic mass is 9.91. The van der Waals surface area contributed by atoms with Gasteiger partial charge >= 0.3 is 0 Å². The van der Waals surface area contributed by atoms with Crippen molar-refractivity contribution in [3.8, 4) is 11.5 Å². The molecule has 0 aromatic heterocycles. The van der Waals surface area contributed by atoms with E-state index in [1.165, 1.54) is 19.1 Å². The van der Waals surface area contributed by atoms with Crippen molar-refractivity contribution in [3.63, 3.8) is 0 Å². The van der Waals surface area contributed by atoms with E-state index < -0.39 is 17.7 Å². The predicted octanol–water partition coefficient (Wildman–Crippen LogP) is 5.48. The van der Waals surface area contributed by atoms with Gasteiger partial charge in [-0.3, -0.25) is 14.5 Å². The van der Waals surface area contributed by atoms with Crippen LogP contribution in [0.3, 0.4) is 0 Å². The van der Waals surface area contributed by atoms with Crippen molar-refractivity contribution in [1.29, 1.82) is 0 Å². The second-order valence-corrected chi connectivity index (χ2v) is 8.14. The summed E-state index contributed by atoms with van der Waals surface area (Å²) in [5.41, 5.74) is 1.55. The van der Waals surface area contributed by atoms with E-state index >= 15 is 0 Å². The molecule has 6 heteroatoms. The molecule has 0 saturated carbocycles. The number of aliphatic hydroxyl groups excluding tert-OH is 1. The van der Waals surface area contributed by atoms with Crippen molar-refractivity contribution in [1.82, 2.24) is 0 Å². The Hall–Kier alpha value is -4.58. The van der Waals surface area contributed by atoms with E-state index in [2.05, 4.69) is 0 Å². The SMILES string of the molecule is COc1cccc(N2C(=O)C(=O)/C(=C(/O)c3ccccc3OC)C2c2cccc3ccccc23)c1. The van der Waals surface area contributed by atoms with Crippen molar-refractivity contribution in [3.05, 3.63) is 108 Å². The maximum Gasteiger partial charge on any atom is 0.300 e. The summed E-state index contributed by atoms with van der Waals surface area (Å²) in [6.45, 7) is 0. The van der Waals surface area contributed by atoms with Crippen LogP contribution >= 0.6 is 0 Å². The van der Waals surface area contributed by atoms with Crippen molar-refractivity contribution >= 4 is 33.9 Å². The number of carbonyl (C=O) groups is 2. The zero-order valence-corrected chi connectivity index (χ0v) is 19.3. The van der Waals surface area contributed by atoms with Gasteiger partial charge < -0.3 is 14.6 Å². The highest BCUT2D eigenvalue weighted by molar-refractivity contribution is 6.52. The van der Waals surface area contributed by atoms with Crippen LogP contribution in [0.4, 0.5) is 5.69 Å². The first-order valence-corrected chi connectivity index (χ1v) is 11.1. The normalized spacial score (nSPS) is 17.1. The van der Waals surface area contributed by atoms with E-state index in [9.17, 15) is 14.7 Å². The molecule has 5 rings (SSSR count). The molecule has 0 bridgehead atoms. The second-order valence-electron chi connectivity index (χ2n) is 8.14. The third-order valence-corrected chi connectivity index (χ3v) is 6.26. The van der Waals surface area contributed by atoms with Crippen molar-refractivity contribution in [2.75, 3.05) is 19.1 Å². The Kier molecular flexibility index (Phi) is 5.71. The number of carbonyl (C=O) groups excluding carboxylic acids is 2. The molecule has 35 heavy (non-hydrogen) atoms. The molecule has 1 N–H and O–H groups in total. The summed E-state index contributed by atoms with van der Waals surface area (Å²) in [6, 6.07) is 26.4. The van der Waals surface area contributed by atoms with Gasteiger partial charge in [-0.1, -0.05) is 60.7 Å². The number of hydrogen-bond donors (Lipinski definition) is 1. The van der Waals surface area contributed by atoms with Gasteiger partial charge in [-0.25, -0.2) is 0 Å². The van der Waals surface area contributed by atoms with Gasteiger partial charge in [0.25, 0.3) is 11.7 Å². The van der Waals surface area contributed by atoms with Crippen molar-refractivity contribution in [2.24, 2.45) is 0 Å². The molecule has 1 saturated heterocycles. The van der Waals surface area contributed by atoms with Crippen LogP contribution in [-0.4, -0.2) is 31.0 Å². The first kappa shape index (κ1) is 22.2. The number of aliphatic hydroxyl groups is 1. The molecule has 1 amide bonds. The highest BCUT2D eigenvalue weighted by Crippen LogP contribution is 2.45. The Balaban J connectivity index is 1.82. The number of fused-ring (bicyclic) bond motifs is 1. The summed E-state index contributed by atoms with van der Waals surface area (Å²) in [5.74, 6) is -0.842. The molecule has 1 fully saturated rings. The van der Waals surface area contributed by atoms with Crippen LogP contribution in [0.25, 0.3) is 16.5 Å². The highest BCUT2D eigenvalue weighted by Gasteiger charge is 2.47. The summed E-state index contributed by atoms with van der Waals surface area (Å²) in [5, 5.41) is 13.3. The molecule has 0 spiro atoms. The molecule has 1 heterocycles. The fraction of sp³-hybridized carbons (Fsp3) is 0.103. The third kappa shape index (κ3) is 3.69. The number of ketones is 1. The summed E-state index contributed by atoms with van der Waals surface area (Å²) >= 11 is 0. The van der Waals surface area contributed by atoms with Gasteiger partial charge in [0.2, 0.25) is 0 Å². The van der Waals surface area contributed by atoms with Gasteiger partial charge in [-0.2, -0.15) is 0 Å². The minimum absolute atomic E-state index is 0.00123. The molecule has 1 aliphatic rings. The molecule has 1 atom stereocenters. The number of ether oxygens (including phenoxy) is 2. The maximum absolute atomic E-state index is 13.5. The molecule has 6 nitrogen and oxygen atoms in total. The molecule has 4 aromatic rings. The van der Waals surface area contributed by atoms with Crippen LogP contribution in [-0.2, 0) is 9.59 Å². The molecular weight excluding hydrogens is 442 g/mol. The van der Waals surface area contributed by atoms with E-state index in [1.54, 1.807) is 48.5 Å². The van der Waals surface area contributed by atoms with Gasteiger partial charge in [0.15, 0.2) is 0 Å². The Morgan fingerprint density at radius 3 is 2.34 bits per heavy atom. The monoisotopic (exact) mass is 465 g/mol. The number of amides is 1. The maximum atomic E-state index is 13.5. The number of nitrogens with zero attached hydrogens (tertiary/aromatic N) is 1. The molecule has 174 valence electrons. The largest absolute Gasteiger partial charge is 0.507 e. The van der Waals surface area contributed by atoms with Gasteiger partial charge in [-0.15, -0.1) is 0 Å². The van der Waals surface area contributed by atoms with Crippen LogP contribution in [0.1, 0.15) is 17.2 Å². The van der Waals surface area contributed by atoms with Crippen molar-refractivity contribution < 1.29 is 24.2 Å². The number of para-hydroxylation sites is 1. The van der Waals surface area contributed by atoms with Crippen LogP contribution in [0.15, 0.2) is 96.6 Å². The van der Waals surface area contributed by atoms with E-state index in [0.717, 1.165) is 16.3 Å². The van der Waals surface area contributed by atoms with Gasteiger partial charge in [0.05, 0.1) is 31.4 Å². The Morgan fingerprint density at radius 2 is 1.54 bits per heavy atom. The zero-order chi connectivity index (χ0) is 24.5. The molecular formula is C29H23NO5. The molecule has 0 aliphatic carbocycles. The minimum atomic E-state index is -0.863. The molecule has 1 aliphatic heterocycles. The summed E-state index contributed by atoms with van der Waals surface area (Å²) in [6.07, 6.45) is 0. The van der Waals surface area contributed by atoms with Gasteiger partial charge in [-0.05, 0) is 40.6 Å². The quantitative estimate of drug-likeness (QED) is 0.240. The van der Waals surface area contributed by atoms with Crippen LogP contribution in [0.2, 0.25) is 0 Å². The van der Waals surface area contributed by atoms with Gasteiger partial charge in [0.1, 0.15) is 17.3 Å². The average molecular weight is 466 g/mol. The van der Waals surface area contributed by atoms with Crippen LogP contribution < -0.4 is 14.4 Å². The summed E-state index contributed by atoms with van der Waals surface area (Å²) in [7, 11) is 3.03. The lowest BCUT2D eigenvalue weighted by Gasteiger charge is -2.27. The number of rotatable bonds is 5. The fourth-order valence-corrected chi connectivity index (χ4v) is 4.63. The lowest BCUT2D eigenvalue weighted by Crippen LogP contribution is -2.29. The van der Waals surface area contributed by atoms with E-state index in [-0.39, 0.29) is 11.3 Å². The van der Waals surface area contributed by atoms with E-state index in [4.69, 9.17) is 9.47 Å². The van der Waals surface area contributed by atoms with E-state index in [0.29, 0.717) is 22.7 Å². The van der Waals surface area contributed by atoms with Crippen molar-refractivity contribution in [2.45, 2.75) is 6.04 Å². The molecule has 0 radical (unpaired) electrons. The lowest BCUT2D eigenvalue weighted by molar-refractivity contribution is -0.132. The number of hydrogen-bond acceptors (Lipinski definition) is 5.